The van der Waals surface area contributed by atoms with Gasteiger partial charge in [-0.1, -0.05) is 6.92 Å². The summed E-state index contributed by atoms with van der Waals surface area (Å²) >= 11 is 0. The summed E-state index contributed by atoms with van der Waals surface area (Å²) in [6.07, 6.45) is 0.581. The van der Waals surface area contributed by atoms with Crippen molar-refractivity contribution in [3.8, 4) is 5.88 Å². The average Bonchev–Trinajstić information content (AvgIpc) is 2.24. The van der Waals surface area contributed by atoms with Gasteiger partial charge in [-0.05, 0) is 6.42 Å². The van der Waals surface area contributed by atoms with E-state index in [-0.39, 0.29) is 24.1 Å². The number of aliphatic hydroxyl groups excluding tert-OH is 1. The molecule has 0 fully saturated rings. The van der Waals surface area contributed by atoms with Crippen LogP contribution in [0.3, 0.4) is 0 Å². The Morgan fingerprint density at radius 3 is 2.75 bits per heavy atom. The van der Waals surface area contributed by atoms with Crippen LogP contribution < -0.4 is 10.9 Å². The van der Waals surface area contributed by atoms with Crippen LogP contribution in [-0.4, -0.2) is 33.8 Å². The van der Waals surface area contributed by atoms with E-state index < -0.39 is 11.5 Å². The predicted molar refractivity (Wildman–Crippen MR) is 57.4 cm³/mol. The van der Waals surface area contributed by atoms with Crippen molar-refractivity contribution < 1.29 is 15.0 Å². The molecule has 1 aromatic heterocycles. The van der Waals surface area contributed by atoms with Crippen LogP contribution in [0.15, 0.2) is 16.9 Å². The Morgan fingerprint density at radius 2 is 2.25 bits per heavy atom. The van der Waals surface area contributed by atoms with E-state index in [4.69, 9.17) is 10.2 Å². The number of pyridine rings is 1. The highest BCUT2D eigenvalue weighted by Crippen LogP contribution is 2.04. The smallest absolute Gasteiger partial charge is 0.251 e. The molecule has 1 heterocycles. The molecule has 0 aromatic carbocycles. The summed E-state index contributed by atoms with van der Waals surface area (Å²) < 4.78 is 0. The second-order valence-corrected chi connectivity index (χ2v) is 3.38. The van der Waals surface area contributed by atoms with Gasteiger partial charge < -0.3 is 15.5 Å². The summed E-state index contributed by atoms with van der Waals surface area (Å²) in [7, 11) is 0. The lowest BCUT2D eigenvalue weighted by Gasteiger charge is -2.13. The van der Waals surface area contributed by atoms with E-state index in [1.54, 1.807) is 0 Å². The summed E-state index contributed by atoms with van der Waals surface area (Å²) in [6, 6.07) is 1.88. The number of rotatable bonds is 4. The molecule has 0 bridgehead atoms. The van der Waals surface area contributed by atoms with E-state index in [9.17, 15) is 9.59 Å². The quantitative estimate of drug-likeness (QED) is 0.560. The van der Waals surface area contributed by atoms with Crippen molar-refractivity contribution in [2.45, 2.75) is 19.4 Å². The number of aromatic amines is 1. The number of H-pyrrole nitrogens is 1. The fourth-order valence-corrected chi connectivity index (χ4v) is 1.21. The van der Waals surface area contributed by atoms with E-state index in [1.807, 2.05) is 6.92 Å². The zero-order chi connectivity index (χ0) is 12.1. The van der Waals surface area contributed by atoms with E-state index in [0.29, 0.717) is 6.42 Å². The Morgan fingerprint density at radius 1 is 1.56 bits per heavy atom. The predicted octanol–water partition coefficient (Wildman–Crippen LogP) is -0.419. The number of aliphatic hydroxyl groups is 1. The van der Waals surface area contributed by atoms with Crippen LogP contribution in [0.5, 0.6) is 5.88 Å². The van der Waals surface area contributed by atoms with Gasteiger partial charge in [-0.15, -0.1) is 0 Å². The highest BCUT2D eigenvalue weighted by atomic mass is 16.3. The Kier molecular flexibility index (Phi) is 4.07. The number of aromatic nitrogens is 1. The van der Waals surface area contributed by atoms with Gasteiger partial charge in [0, 0.05) is 12.1 Å². The van der Waals surface area contributed by atoms with Gasteiger partial charge in [-0.3, -0.25) is 14.6 Å². The topological polar surface area (TPSA) is 102 Å². The molecule has 6 heteroatoms. The Hall–Kier alpha value is -1.82. The van der Waals surface area contributed by atoms with Crippen LogP contribution in [-0.2, 0) is 0 Å². The molecule has 1 rings (SSSR count). The summed E-state index contributed by atoms with van der Waals surface area (Å²) in [6.45, 7) is 1.65. The van der Waals surface area contributed by atoms with Crippen LogP contribution >= 0.6 is 0 Å². The summed E-state index contributed by atoms with van der Waals surface area (Å²) in [5.41, 5.74) is -0.490. The molecule has 16 heavy (non-hydrogen) atoms. The van der Waals surface area contributed by atoms with E-state index in [2.05, 4.69) is 10.3 Å². The molecule has 0 radical (unpaired) electrons. The Balaban J connectivity index is 2.84. The van der Waals surface area contributed by atoms with E-state index in [0.717, 1.165) is 12.1 Å². The number of hydrogen-bond acceptors (Lipinski definition) is 4. The van der Waals surface area contributed by atoms with Crippen molar-refractivity contribution in [2.75, 3.05) is 6.61 Å². The minimum atomic E-state index is -0.554. The van der Waals surface area contributed by atoms with Crippen LogP contribution in [0.1, 0.15) is 23.7 Å². The highest BCUT2D eigenvalue weighted by Gasteiger charge is 2.12. The molecular weight excluding hydrogens is 212 g/mol. The molecule has 0 unspecified atom stereocenters. The molecule has 0 saturated heterocycles. The monoisotopic (exact) mass is 226 g/mol. The van der Waals surface area contributed by atoms with Gasteiger partial charge in [0.2, 0.25) is 0 Å². The van der Waals surface area contributed by atoms with E-state index >= 15 is 0 Å². The van der Waals surface area contributed by atoms with Crippen LogP contribution in [0, 0.1) is 0 Å². The second kappa shape index (κ2) is 5.32. The molecule has 1 aromatic rings. The molecule has 0 aliphatic carbocycles. The lowest BCUT2D eigenvalue weighted by molar-refractivity contribution is 0.0914. The molecule has 88 valence electrons. The van der Waals surface area contributed by atoms with Gasteiger partial charge in [-0.25, -0.2) is 0 Å². The molecule has 0 spiro atoms. The van der Waals surface area contributed by atoms with Crippen molar-refractivity contribution in [2.24, 2.45) is 0 Å². The maximum atomic E-state index is 11.6. The minimum absolute atomic E-state index is 0.0631. The summed E-state index contributed by atoms with van der Waals surface area (Å²) in [5.74, 6) is -0.864. The van der Waals surface area contributed by atoms with Crippen molar-refractivity contribution in [3.63, 3.8) is 0 Å². The molecule has 6 nitrogen and oxygen atoms in total. The highest BCUT2D eigenvalue weighted by molar-refractivity contribution is 5.94. The van der Waals surface area contributed by atoms with Gasteiger partial charge in [0.05, 0.1) is 18.2 Å². The first kappa shape index (κ1) is 12.3. The third-order valence-electron chi connectivity index (χ3n) is 2.14. The van der Waals surface area contributed by atoms with Gasteiger partial charge in [0.25, 0.3) is 11.5 Å². The largest absolute Gasteiger partial charge is 0.494 e. The number of carbonyl (C=O) groups excluding carboxylic acids is 1. The third-order valence-corrected chi connectivity index (χ3v) is 2.14. The fourth-order valence-electron chi connectivity index (χ4n) is 1.21. The molecule has 4 N–H and O–H groups in total. The fraction of sp³-hybridized carbons (Fsp3) is 0.400. The average molecular weight is 226 g/mol. The van der Waals surface area contributed by atoms with Gasteiger partial charge in [0.15, 0.2) is 5.88 Å². The molecule has 1 amide bonds. The summed E-state index contributed by atoms with van der Waals surface area (Å²) in [5, 5.41) is 20.5. The van der Waals surface area contributed by atoms with Crippen molar-refractivity contribution in [3.05, 3.63) is 28.0 Å². The maximum Gasteiger partial charge on any atom is 0.251 e. The first-order valence-electron chi connectivity index (χ1n) is 4.92. The lowest BCUT2D eigenvalue weighted by atomic mass is 10.2. The minimum Gasteiger partial charge on any atom is -0.494 e. The molecule has 0 aliphatic rings. The van der Waals surface area contributed by atoms with Gasteiger partial charge in [0.1, 0.15) is 0 Å². The van der Waals surface area contributed by atoms with Crippen molar-refractivity contribution in [1.29, 1.82) is 0 Å². The lowest BCUT2D eigenvalue weighted by Crippen LogP contribution is -2.37. The second-order valence-electron chi connectivity index (χ2n) is 3.38. The summed E-state index contributed by atoms with van der Waals surface area (Å²) in [4.78, 5) is 24.7. The Bertz CT molecular complexity index is 423. The van der Waals surface area contributed by atoms with Crippen LogP contribution in [0.2, 0.25) is 0 Å². The van der Waals surface area contributed by atoms with Gasteiger partial charge in [-0.2, -0.15) is 0 Å². The van der Waals surface area contributed by atoms with E-state index in [1.165, 1.54) is 0 Å². The molecule has 0 aliphatic heterocycles. The van der Waals surface area contributed by atoms with Crippen LogP contribution in [0.4, 0.5) is 0 Å². The number of nitrogens with one attached hydrogen (secondary N) is 2. The Labute approximate surface area is 91.9 Å². The van der Waals surface area contributed by atoms with Crippen molar-refractivity contribution in [1.82, 2.24) is 10.3 Å². The number of carbonyl (C=O) groups is 1. The zero-order valence-electron chi connectivity index (χ0n) is 8.86. The first-order valence-corrected chi connectivity index (χ1v) is 4.92. The number of aromatic hydroxyl groups is 1. The number of hydrogen-bond donors (Lipinski definition) is 4. The maximum absolute atomic E-state index is 11.6. The SMILES string of the molecule is CC[C@H](CO)NC(=O)c1cc(O)[nH]c(=O)c1. The van der Waals surface area contributed by atoms with Gasteiger partial charge >= 0.3 is 0 Å². The molecule has 0 saturated carbocycles. The van der Waals surface area contributed by atoms with Crippen molar-refractivity contribution >= 4 is 5.91 Å². The third kappa shape index (κ3) is 3.09. The normalized spacial score (nSPS) is 12.1. The molecule has 1 atom stereocenters. The number of amides is 1. The zero-order valence-corrected chi connectivity index (χ0v) is 8.86. The standard InChI is InChI=1S/C10H14N2O4/c1-2-7(5-13)11-10(16)6-3-8(14)12-9(15)4-6/h3-4,7,13H,2,5H2,1H3,(H,11,16)(H2,12,14,15)/t7-/m1/s1. The van der Waals surface area contributed by atoms with Crippen LogP contribution in [0.25, 0.3) is 0 Å². The molecular formula is C10H14N2O4. The first-order chi connectivity index (χ1) is 7.56.